The van der Waals surface area contributed by atoms with Gasteiger partial charge >= 0.3 is 0 Å². The van der Waals surface area contributed by atoms with Crippen LogP contribution in [0.1, 0.15) is 18.6 Å². The highest BCUT2D eigenvalue weighted by molar-refractivity contribution is 5.46. The number of ether oxygens (including phenoxy) is 2. The van der Waals surface area contributed by atoms with Crippen LogP contribution in [-0.2, 0) is 0 Å². The molecule has 0 saturated carbocycles. The fourth-order valence-electron chi connectivity index (χ4n) is 1.30. The second kappa shape index (κ2) is 3.60. The Balaban J connectivity index is 2.31. The first-order valence-electron chi connectivity index (χ1n) is 4.31. The molecule has 1 aliphatic heterocycles. The van der Waals surface area contributed by atoms with Crippen LogP contribution < -0.4 is 9.47 Å². The van der Waals surface area contributed by atoms with Gasteiger partial charge in [-0.1, -0.05) is 12.0 Å². The van der Waals surface area contributed by atoms with Crippen molar-refractivity contribution >= 4 is 0 Å². The zero-order valence-corrected chi connectivity index (χ0v) is 7.78. The summed E-state index contributed by atoms with van der Waals surface area (Å²) in [5.41, 5.74) is 0.726. The zero-order valence-electron chi connectivity index (χ0n) is 7.78. The van der Waals surface area contributed by atoms with Gasteiger partial charge in [0.1, 0.15) is 6.10 Å². The molecule has 1 aromatic carbocycles. The van der Waals surface area contributed by atoms with Crippen LogP contribution in [0.15, 0.2) is 18.2 Å². The molecule has 0 spiro atoms. The van der Waals surface area contributed by atoms with E-state index in [1.807, 2.05) is 0 Å². The molecule has 0 amide bonds. The lowest BCUT2D eigenvalue weighted by Crippen LogP contribution is -1.94. The molecule has 0 fully saturated rings. The highest BCUT2D eigenvalue weighted by atomic mass is 16.7. The first kappa shape index (κ1) is 8.92. The highest BCUT2D eigenvalue weighted by Crippen LogP contribution is 2.33. The average Bonchev–Trinajstić information content (AvgIpc) is 2.64. The molecule has 1 unspecified atom stereocenters. The molecule has 0 radical (unpaired) electrons. The van der Waals surface area contributed by atoms with E-state index in [1.54, 1.807) is 25.1 Å². The Morgan fingerprint density at radius 2 is 2.14 bits per heavy atom. The van der Waals surface area contributed by atoms with Crippen molar-refractivity contribution in [2.24, 2.45) is 0 Å². The third-order valence-electron chi connectivity index (χ3n) is 1.99. The number of aliphatic hydroxyl groups excluding tert-OH is 1. The van der Waals surface area contributed by atoms with Crippen molar-refractivity contribution in [2.75, 3.05) is 6.79 Å². The molecule has 14 heavy (non-hydrogen) atoms. The Morgan fingerprint density at radius 1 is 1.36 bits per heavy atom. The Morgan fingerprint density at radius 3 is 2.93 bits per heavy atom. The normalized spacial score (nSPS) is 14.4. The number of benzene rings is 1. The first-order valence-corrected chi connectivity index (χ1v) is 4.31. The van der Waals surface area contributed by atoms with E-state index in [0.717, 1.165) is 5.56 Å². The lowest BCUT2D eigenvalue weighted by atomic mass is 10.1. The molecule has 0 saturated heterocycles. The predicted octanol–water partition coefficient (Wildman–Crippen LogP) is 1.47. The summed E-state index contributed by atoms with van der Waals surface area (Å²) in [5.74, 6) is 6.70. The second-order valence-electron chi connectivity index (χ2n) is 2.91. The van der Waals surface area contributed by atoms with Gasteiger partial charge in [-0.2, -0.15) is 0 Å². The minimum absolute atomic E-state index is 0.244. The summed E-state index contributed by atoms with van der Waals surface area (Å²) in [6.07, 6.45) is -0.755. The van der Waals surface area contributed by atoms with E-state index < -0.39 is 6.10 Å². The van der Waals surface area contributed by atoms with E-state index in [1.165, 1.54) is 0 Å². The summed E-state index contributed by atoms with van der Waals surface area (Å²) in [5, 5.41) is 9.58. The third-order valence-corrected chi connectivity index (χ3v) is 1.99. The molecule has 1 N–H and O–H groups in total. The maximum Gasteiger partial charge on any atom is 0.231 e. The smallest absolute Gasteiger partial charge is 0.231 e. The lowest BCUT2D eigenvalue weighted by molar-refractivity contribution is 0.173. The highest BCUT2D eigenvalue weighted by Gasteiger charge is 2.15. The summed E-state index contributed by atoms with van der Waals surface area (Å²) in [4.78, 5) is 0. The molecule has 1 atom stereocenters. The topological polar surface area (TPSA) is 38.7 Å². The molecule has 72 valence electrons. The van der Waals surface area contributed by atoms with E-state index >= 15 is 0 Å². The SMILES string of the molecule is CC#CC(O)c1ccc2c(c1)OCO2. The van der Waals surface area contributed by atoms with Crippen molar-refractivity contribution in [3.05, 3.63) is 23.8 Å². The molecule has 1 aliphatic rings. The van der Waals surface area contributed by atoms with E-state index in [0.29, 0.717) is 11.5 Å². The maximum atomic E-state index is 9.58. The maximum absolute atomic E-state index is 9.58. The van der Waals surface area contributed by atoms with Gasteiger partial charge in [0, 0.05) is 0 Å². The van der Waals surface area contributed by atoms with Crippen molar-refractivity contribution < 1.29 is 14.6 Å². The van der Waals surface area contributed by atoms with Gasteiger partial charge in [-0.05, 0) is 24.6 Å². The quantitative estimate of drug-likeness (QED) is 0.681. The summed E-state index contributed by atoms with van der Waals surface area (Å²) < 4.78 is 10.3. The van der Waals surface area contributed by atoms with Crippen LogP contribution in [0.4, 0.5) is 0 Å². The van der Waals surface area contributed by atoms with Gasteiger partial charge in [-0.25, -0.2) is 0 Å². The number of hydrogen-bond acceptors (Lipinski definition) is 3. The van der Waals surface area contributed by atoms with Crippen molar-refractivity contribution in [1.82, 2.24) is 0 Å². The molecule has 0 aromatic heterocycles. The van der Waals surface area contributed by atoms with E-state index in [2.05, 4.69) is 11.8 Å². The Kier molecular flexibility index (Phi) is 2.30. The Labute approximate surface area is 82.3 Å². The number of aliphatic hydroxyl groups is 1. The summed E-state index contributed by atoms with van der Waals surface area (Å²) in [6.45, 7) is 1.94. The van der Waals surface area contributed by atoms with Crippen molar-refractivity contribution in [1.29, 1.82) is 0 Å². The lowest BCUT2D eigenvalue weighted by Gasteiger charge is -2.04. The zero-order chi connectivity index (χ0) is 9.97. The summed E-state index contributed by atoms with van der Waals surface area (Å²) >= 11 is 0. The molecular weight excluding hydrogens is 180 g/mol. The predicted molar refractivity (Wildman–Crippen MR) is 51.0 cm³/mol. The number of hydrogen-bond donors (Lipinski definition) is 1. The molecular formula is C11H10O3. The van der Waals surface area contributed by atoms with Crippen LogP contribution in [0.5, 0.6) is 11.5 Å². The van der Waals surface area contributed by atoms with Crippen LogP contribution in [0.3, 0.4) is 0 Å². The molecule has 1 heterocycles. The van der Waals surface area contributed by atoms with Gasteiger partial charge in [0.15, 0.2) is 11.5 Å². The molecule has 0 aliphatic carbocycles. The van der Waals surface area contributed by atoms with Crippen LogP contribution in [0, 0.1) is 11.8 Å². The Bertz CT molecular complexity index is 401. The van der Waals surface area contributed by atoms with Crippen LogP contribution in [0.25, 0.3) is 0 Å². The van der Waals surface area contributed by atoms with Crippen molar-refractivity contribution in [3.8, 4) is 23.3 Å². The Hall–Kier alpha value is -1.66. The molecule has 3 heteroatoms. The fraction of sp³-hybridized carbons (Fsp3) is 0.273. The standard InChI is InChI=1S/C11H10O3/c1-2-3-9(12)8-4-5-10-11(6-8)14-7-13-10/h4-6,9,12H,7H2,1H3. The van der Waals surface area contributed by atoms with Gasteiger partial charge in [0.2, 0.25) is 6.79 Å². The monoisotopic (exact) mass is 190 g/mol. The number of fused-ring (bicyclic) bond motifs is 1. The molecule has 1 aromatic rings. The van der Waals surface area contributed by atoms with E-state index in [9.17, 15) is 5.11 Å². The largest absolute Gasteiger partial charge is 0.454 e. The van der Waals surface area contributed by atoms with Gasteiger partial charge in [0.25, 0.3) is 0 Å². The molecule has 2 rings (SSSR count). The molecule has 3 nitrogen and oxygen atoms in total. The second-order valence-corrected chi connectivity index (χ2v) is 2.91. The van der Waals surface area contributed by atoms with Crippen molar-refractivity contribution in [3.63, 3.8) is 0 Å². The minimum atomic E-state index is -0.755. The van der Waals surface area contributed by atoms with Crippen LogP contribution in [-0.4, -0.2) is 11.9 Å². The summed E-state index contributed by atoms with van der Waals surface area (Å²) in [7, 11) is 0. The van der Waals surface area contributed by atoms with Gasteiger partial charge < -0.3 is 14.6 Å². The molecule has 0 bridgehead atoms. The van der Waals surface area contributed by atoms with E-state index in [4.69, 9.17) is 9.47 Å². The van der Waals surface area contributed by atoms with Crippen LogP contribution >= 0.6 is 0 Å². The number of rotatable bonds is 1. The average molecular weight is 190 g/mol. The third kappa shape index (κ3) is 1.52. The summed E-state index contributed by atoms with van der Waals surface area (Å²) in [6, 6.07) is 5.30. The van der Waals surface area contributed by atoms with Crippen LogP contribution in [0.2, 0.25) is 0 Å². The van der Waals surface area contributed by atoms with Crippen molar-refractivity contribution in [2.45, 2.75) is 13.0 Å². The fourth-order valence-corrected chi connectivity index (χ4v) is 1.30. The van der Waals surface area contributed by atoms with Gasteiger partial charge in [-0.15, -0.1) is 5.92 Å². The minimum Gasteiger partial charge on any atom is -0.454 e. The van der Waals surface area contributed by atoms with Gasteiger partial charge in [-0.3, -0.25) is 0 Å². The van der Waals surface area contributed by atoms with Gasteiger partial charge in [0.05, 0.1) is 0 Å². The van der Waals surface area contributed by atoms with E-state index in [-0.39, 0.29) is 6.79 Å². The first-order chi connectivity index (χ1) is 6.81.